The van der Waals surface area contributed by atoms with Gasteiger partial charge in [0, 0.05) is 0 Å². The molecule has 29 heavy (non-hydrogen) atoms. The Morgan fingerprint density at radius 1 is 1.24 bits per heavy atom. The number of anilines is 1. The van der Waals surface area contributed by atoms with Gasteiger partial charge in [0.05, 0.1) is 26.9 Å². The van der Waals surface area contributed by atoms with Gasteiger partial charge in [-0.3, -0.25) is 10.1 Å². The fourth-order valence-electron chi connectivity index (χ4n) is 2.92. The highest BCUT2D eigenvalue weighted by atomic mass is 79.9. The summed E-state index contributed by atoms with van der Waals surface area (Å²) in [5.74, 6) is 0.0562. The minimum Gasteiger partial charge on any atom is -0.495 e. The van der Waals surface area contributed by atoms with Crippen molar-refractivity contribution in [2.75, 3.05) is 12.4 Å². The van der Waals surface area contributed by atoms with Crippen LogP contribution in [0, 0.1) is 0 Å². The molecule has 3 aromatic carbocycles. The Hall–Kier alpha value is -2.26. The van der Waals surface area contributed by atoms with Gasteiger partial charge in [-0.25, -0.2) is 4.98 Å². The Morgan fingerprint density at radius 2 is 2.03 bits per heavy atom. The lowest BCUT2D eigenvalue weighted by Gasteiger charge is -2.14. The number of amides is 1. The Balaban J connectivity index is 1.58. The zero-order valence-electron chi connectivity index (χ0n) is 15.0. The second-order valence-corrected chi connectivity index (χ2v) is 8.65. The number of benzene rings is 3. The van der Waals surface area contributed by atoms with Crippen molar-refractivity contribution < 1.29 is 9.53 Å². The molecule has 0 radical (unpaired) electrons. The molecule has 4 rings (SSSR count). The summed E-state index contributed by atoms with van der Waals surface area (Å²) in [4.78, 5) is 17.3. The van der Waals surface area contributed by atoms with Crippen LogP contribution in [0.3, 0.4) is 0 Å². The van der Waals surface area contributed by atoms with E-state index in [0.717, 1.165) is 15.5 Å². The highest BCUT2D eigenvalue weighted by Gasteiger charge is 2.19. The fourth-order valence-corrected chi connectivity index (χ4v) is 5.08. The average Bonchev–Trinajstić information content (AvgIpc) is 3.11. The van der Waals surface area contributed by atoms with E-state index >= 15 is 0 Å². The largest absolute Gasteiger partial charge is 0.495 e. The second kappa shape index (κ2) is 8.23. The van der Waals surface area contributed by atoms with Crippen molar-refractivity contribution in [3.05, 3.63) is 63.6 Å². The number of carbonyl (C=O) groups is 1. The molecule has 0 bridgehead atoms. The van der Waals surface area contributed by atoms with E-state index in [0.29, 0.717) is 31.5 Å². The molecule has 4 aromatic rings. The Morgan fingerprint density at radius 3 is 2.79 bits per heavy atom. The molecule has 1 heterocycles. The summed E-state index contributed by atoms with van der Waals surface area (Å²) >= 11 is 16.4. The van der Waals surface area contributed by atoms with Crippen LogP contribution in [-0.2, 0) is 0 Å². The van der Waals surface area contributed by atoms with Crippen molar-refractivity contribution in [1.29, 1.82) is 0 Å². The van der Waals surface area contributed by atoms with Crippen LogP contribution in [0.4, 0.5) is 5.13 Å². The molecule has 0 aliphatic carbocycles. The van der Waals surface area contributed by atoms with Crippen molar-refractivity contribution in [2.45, 2.75) is 0 Å². The van der Waals surface area contributed by atoms with Gasteiger partial charge in [0.1, 0.15) is 11.3 Å². The molecule has 0 aliphatic rings. The van der Waals surface area contributed by atoms with Gasteiger partial charge in [-0.1, -0.05) is 53.3 Å². The smallest absolute Gasteiger partial charge is 0.261 e. The normalized spacial score (nSPS) is 10.9. The molecule has 0 aliphatic heterocycles. The van der Waals surface area contributed by atoms with Crippen molar-refractivity contribution in [3.63, 3.8) is 0 Å². The van der Waals surface area contributed by atoms with Crippen LogP contribution in [0.2, 0.25) is 5.02 Å². The van der Waals surface area contributed by atoms with Crippen LogP contribution >= 0.6 is 51.1 Å². The molecule has 1 amide bonds. The van der Waals surface area contributed by atoms with E-state index in [9.17, 15) is 4.79 Å². The lowest BCUT2D eigenvalue weighted by Crippen LogP contribution is -2.34. The predicted octanol–water partition coefficient (Wildman–Crippen LogP) is 6.00. The quantitative estimate of drug-likeness (QED) is 0.334. The lowest BCUT2D eigenvalue weighted by atomic mass is 10.1. The maximum atomic E-state index is 12.9. The summed E-state index contributed by atoms with van der Waals surface area (Å²) in [6.45, 7) is 0. The van der Waals surface area contributed by atoms with Crippen LogP contribution in [0.5, 0.6) is 5.75 Å². The van der Waals surface area contributed by atoms with E-state index in [2.05, 4.69) is 31.5 Å². The average molecular weight is 507 g/mol. The number of thiocarbonyl (C=S) groups is 1. The number of hydrogen-bond donors (Lipinski definition) is 2. The Kier molecular flexibility index (Phi) is 5.69. The summed E-state index contributed by atoms with van der Waals surface area (Å²) in [7, 11) is 1.52. The minimum absolute atomic E-state index is 0.136. The van der Waals surface area contributed by atoms with E-state index in [1.807, 2.05) is 36.4 Å². The number of rotatable bonds is 3. The number of nitrogens with one attached hydrogen (secondary N) is 2. The van der Waals surface area contributed by atoms with Crippen LogP contribution in [-0.4, -0.2) is 23.1 Å². The monoisotopic (exact) mass is 505 g/mol. The van der Waals surface area contributed by atoms with Gasteiger partial charge in [0.2, 0.25) is 0 Å². The molecule has 146 valence electrons. The molecule has 0 unspecified atom stereocenters. The third-order valence-corrected chi connectivity index (χ3v) is 6.44. The van der Waals surface area contributed by atoms with Gasteiger partial charge < -0.3 is 10.1 Å². The second-order valence-electron chi connectivity index (χ2n) is 6.01. The molecule has 1 aromatic heterocycles. The number of methoxy groups -OCH3 is 1. The fraction of sp³-hybridized carbons (Fsp3) is 0.0500. The number of ether oxygens (including phenoxy) is 1. The third-order valence-electron chi connectivity index (χ3n) is 4.21. The predicted molar refractivity (Wildman–Crippen MR) is 127 cm³/mol. The number of carbonyl (C=O) groups excluding carboxylic acids is 1. The van der Waals surface area contributed by atoms with E-state index < -0.39 is 0 Å². The summed E-state index contributed by atoms with van der Waals surface area (Å²) in [5, 5.41) is 8.73. The number of para-hydroxylation sites is 1. The summed E-state index contributed by atoms with van der Waals surface area (Å²) in [6.07, 6.45) is 0. The zero-order valence-corrected chi connectivity index (χ0v) is 18.9. The Labute approximate surface area is 189 Å². The van der Waals surface area contributed by atoms with E-state index in [4.69, 9.17) is 28.6 Å². The van der Waals surface area contributed by atoms with Crippen molar-refractivity contribution in [3.8, 4) is 5.75 Å². The topological polar surface area (TPSA) is 63.2 Å². The van der Waals surface area contributed by atoms with Crippen LogP contribution in [0.15, 0.2) is 53.0 Å². The first-order valence-corrected chi connectivity index (χ1v) is 10.8. The van der Waals surface area contributed by atoms with Gasteiger partial charge in [-0.05, 0) is 57.1 Å². The first-order valence-electron chi connectivity index (χ1n) is 8.40. The molecular weight excluding hydrogens is 494 g/mol. The Bertz CT molecular complexity index is 1280. The van der Waals surface area contributed by atoms with Crippen molar-refractivity contribution in [2.24, 2.45) is 0 Å². The van der Waals surface area contributed by atoms with E-state index in [1.54, 1.807) is 12.1 Å². The summed E-state index contributed by atoms with van der Waals surface area (Å²) < 4.78 is 7.10. The number of halogens is 2. The van der Waals surface area contributed by atoms with Gasteiger partial charge in [-0.2, -0.15) is 0 Å². The molecule has 0 saturated carbocycles. The van der Waals surface area contributed by atoms with Gasteiger partial charge in [-0.15, -0.1) is 0 Å². The minimum atomic E-state index is -0.384. The first kappa shape index (κ1) is 20.0. The molecule has 9 heteroatoms. The lowest BCUT2D eigenvalue weighted by molar-refractivity contribution is 0.0975. The van der Waals surface area contributed by atoms with E-state index in [-0.39, 0.29) is 11.0 Å². The van der Waals surface area contributed by atoms with Crippen LogP contribution in [0.1, 0.15) is 10.4 Å². The van der Waals surface area contributed by atoms with Gasteiger partial charge >= 0.3 is 0 Å². The number of fused-ring (bicyclic) bond motifs is 2. The number of nitrogens with zero attached hydrogens (tertiary/aromatic N) is 1. The SMILES string of the molecule is COc1c(C(=O)NC(=S)Nc2nc3c(Cl)cccc3s2)cc2ccccc2c1Br. The molecule has 0 saturated heterocycles. The van der Waals surface area contributed by atoms with Gasteiger partial charge in [0.15, 0.2) is 10.2 Å². The summed E-state index contributed by atoms with van der Waals surface area (Å²) in [6, 6.07) is 15.0. The summed E-state index contributed by atoms with van der Waals surface area (Å²) in [5.41, 5.74) is 1.06. The van der Waals surface area contributed by atoms with Crippen LogP contribution in [0.25, 0.3) is 21.0 Å². The third kappa shape index (κ3) is 3.93. The van der Waals surface area contributed by atoms with E-state index in [1.165, 1.54) is 18.4 Å². The van der Waals surface area contributed by atoms with Crippen molar-refractivity contribution >= 4 is 88.2 Å². The molecule has 0 spiro atoms. The van der Waals surface area contributed by atoms with Crippen LogP contribution < -0.4 is 15.4 Å². The maximum Gasteiger partial charge on any atom is 0.261 e. The molecule has 0 atom stereocenters. The highest BCUT2D eigenvalue weighted by Crippen LogP contribution is 2.36. The maximum absolute atomic E-state index is 12.9. The van der Waals surface area contributed by atoms with Crippen molar-refractivity contribution in [1.82, 2.24) is 10.3 Å². The number of aromatic nitrogens is 1. The zero-order chi connectivity index (χ0) is 20.5. The molecule has 5 nitrogen and oxygen atoms in total. The van der Waals surface area contributed by atoms with Gasteiger partial charge in [0.25, 0.3) is 5.91 Å². The highest BCUT2D eigenvalue weighted by molar-refractivity contribution is 9.10. The molecular formula is C20H13BrClN3O2S2. The molecule has 0 fully saturated rings. The number of thiazole rings is 1. The number of hydrogen-bond acceptors (Lipinski definition) is 5. The standard InChI is InChI=1S/C20H13BrClN3O2S2/c1-27-17-12(9-10-5-2-3-6-11(10)15(17)21)18(26)24-19(28)25-20-23-16-13(22)7-4-8-14(16)29-20/h2-9H,1H3,(H2,23,24,25,26,28). The first-order chi connectivity index (χ1) is 14.0. The molecule has 2 N–H and O–H groups in total.